The molecule has 1 aromatic heterocycles. The van der Waals surface area contributed by atoms with Crippen molar-refractivity contribution in [1.29, 1.82) is 0 Å². The maximum atomic E-state index is 11.7. The Hall–Kier alpha value is -1.43. The van der Waals surface area contributed by atoms with E-state index in [-0.39, 0.29) is 17.9 Å². The third-order valence-corrected chi connectivity index (χ3v) is 3.19. The van der Waals surface area contributed by atoms with Crippen molar-refractivity contribution in [2.24, 2.45) is 0 Å². The van der Waals surface area contributed by atoms with E-state index >= 15 is 0 Å². The molecule has 6 nitrogen and oxygen atoms in total. The number of aromatic nitrogens is 2. The molecule has 2 rings (SSSR count). The zero-order valence-corrected chi connectivity index (χ0v) is 11.1. The molecular weight excluding hydrogens is 232 g/mol. The number of carbonyl (C=O) groups excluding carboxylic acids is 1. The summed E-state index contributed by atoms with van der Waals surface area (Å²) in [5.41, 5.74) is 0. The molecule has 2 heterocycles. The van der Waals surface area contributed by atoms with Gasteiger partial charge in [-0.25, -0.2) is 0 Å². The predicted molar refractivity (Wildman–Crippen MR) is 65.9 cm³/mol. The lowest BCUT2D eigenvalue weighted by molar-refractivity contribution is -0.125. The first kappa shape index (κ1) is 13.0. The molecule has 1 atom stereocenters. The van der Waals surface area contributed by atoms with Gasteiger partial charge < -0.3 is 9.84 Å². The van der Waals surface area contributed by atoms with Crippen LogP contribution in [0.5, 0.6) is 0 Å². The lowest BCUT2D eigenvalue weighted by Crippen LogP contribution is -2.41. The summed E-state index contributed by atoms with van der Waals surface area (Å²) in [6.07, 6.45) is 0.946. The van der Waals surface area contributed by atoms with Crippen LogP contribution in [-0.4, -0.2) is 40.1 Å². The Balaban J connectivity index is 2.04. The van der Waals surface area contributed by atoms with Crippen LogP contribution in [-0.2, 0) is 11.3 Å². The Bertz CT molecular complexity index is 416. The fourth-order valence-corrected chi connectivity index (χ4v) is 1.96. The molecule has 0 aliphatic carbocycles. The number of amides is 1. The van der Waals surface area contributed by atoms with Crippen molar-refractivity contribution >= 4 is 5.91 Å². The molecule has 18 heavy (non-hydrogen) atoms. The molecule has 0 unspecified atom stereocenters. The quantitative estimate of drug-likeness (QED) is 0.865. The van der Waals surface area contributed by atoms with Crippen LogP contribution in [0.25, 0.3) is 0 Å². The Morgan fingerprint density at radius 2 is 2.33 bits per heavy atom. The van der Waals surface area contributed by atoms with E-state index in [1.54, 1.807) is 0 Å². The van der Waals surface area contributed by atoms with Crippen molar-refractivity contribution in [3.63, 3.8) is 0 Å². The second kappa shape index (κ2) is 5.48. The van der Waals surface area contributed by atoms with Gasteiger partial charge in [0.15, 0.2) is 5.82 Å². The summed E-state index contributed by atoms with van der Waals surface area (Å²) in [6.45, 7) is 8.09. The first-order chi connectivity index (χ1) is 8.58. The monoisotopic (exact) mass is 252 g/mol. The Kier molecular flexibility index (Phi) is 3.96. The molecule has 1 amide bonds. The SMILES string of the molecule is CC(C)c1noc(CN2CCCNC(=O)[C@@H]2C)n1. The van der Waals surface area contributed by atoms with Crippen LogP contribution < -0.4 is 5.32 Å². The molecule has 100 valence electrons. The highest BCUT2D eigenvalue weighted by Gasteiger charge is 2.25. The van der Waals surface area contributed by atoms with E-state index in [2.05, 4.69) is 20.4 Å². The molecule has 0 radical (unpaired) electrons. The molecule has 1 saturated heterocycles. The van der Waals surface area contributed by atoms with E-state index in [1.165, 1.54) is 0 Å². The average Bonchev–Trinajstić information content (AvgIpc) is 2.74. The van der Waals surface area contributed by atoms with Crippen LogP contribution in [0.4, 0.5) is 0 Å². The standard InChI is InChI=1S/C12H20N4O2/c1-8(2)11-14-10(18-15-11)7-16-6-4-5-13-12(17)9(16)3/h8-9H,4-7H2,1-3H3,(H,13,17)/t9-/m0/s1. The van der Waals surface area contributed by atoms with Gasteiger partial charge in [-0.05, 0) is 13.3 Å². The fourth-order valence-electron chi connectivity index (χ4n) is 1.96. The van der Waals surface area contributed by atoms with E-state index in [0.717, 1.165) is 25.3 Å². The van der Waals surface area contributed by atoms with Gasteiger partial charge in [0, 0.05) is 19.0 Å². The van der Waals surface area contributed by atoms with Gasteiger partial charge >= 0.3 is 0 Å². The van der Waals surface area contributed by atoms with E-state index in [0.29, 0.717) is 12.4 Å². The molecule has 1 aliphatic rings. The van der Waals surface area contributed by atoms with E-state index in [4.69, 9.17) is 4.52 Å². The molecule has 0 spiro atoms. The van der Waals surface area contributed by atoms with Crippen LogP contribution in [0.2, 0.25) is 0 Å². The Morgan fingerprint density at radius 1 is 1.56 bits per heavy atom. The predicted octanol–water partition coefficient (Wildman–Crippen LogP) is 0.903. The largest absolute Gasteiger partial charge is 0.355 e. The maximum absolute atomic E-state index is 11.7. The molecule has 1 fully saturated rings. The van der Waals surface area contributed by atoms with Crippen LogP contribution in [0, 0.1) is 0 Å². The van der Waals surface area contributed by atoms with Gasteiger partial charge in [0.05, 0.1) is 12.6 Å². The van der Waals surface area contributed by atoms with Crippen LogP contribution in [0.3, 0.4) is 0 Å². The second-order valence-electron chi connectivity index (χ2n) is 4.99. The first-order valence-corrected chi connectivity index (χ1v) is 6.42. The minimum absolute atomic E-state index is 0.0658. The van der Waals surface area contributed by atoms with E-state index in [9.17, 15) is 4.79 Å². The summed E-state index contributed by atoms with van der Waals surface area (Å²) >= 11 is 0. The lowest BCUT2D eigenvalue weighted by Gasteiger charge is -2.23. The summed E-state index contributed by atoms with van der Waals surface area (Å²) < 4.78 is 5.22. The van der Waals surface area contributed by atoms with Crippen molar-refractivity contribution < 1.29 is 9.32 Å². The van der Waals surface area contributed by atoms with E-state index < -0.39 is 0 Å². The second-order valence-corrected chi connectivity index (χ2v) is 4.99. The van der Waals surface area contributed by atoms with Crippen molar-refractivity contribution in [1.82, 2.24) is 20.4 Å². The molecule has 0 bridgehead atoms. The molecule has 0 saturated carbocycles. The number of carbonyl (C=O) groups is 1. The zero-order chi connectivity index (χ0) is 13.1. The number of nitrogens with one attached hydrogen (secondary N) is 1. The van der Waals surface area contributed by atoms with Gasteiger partial charge in [-0.2, -0.15) is 4.98 Å². The van der Waals surface area contributed by atoms with Crippen molar-refractivity contribution in [3.8, 4) is 0 Å². The Labute approximate surface area is 107 Å². The number of hydrogen-bond donors (Lipinski definition) is 1. The zero-order valence-electron chi connectivity index (χ0n) is 11.1. The van der Waals surface area contributed by atoms with Gasteiger partial charge in [-0.1, -0.05) is 19.0 Å². The van der Waals surface area contributed by atoms with Crippen molar-refractivity contribution in [2.45, 2.75) is 45.7 Å². The van der Waals surface area contributed by atoms with Crippen LogP contribution in [0.1, 0.15) is 44.8 Å². The summed E-state index contributed by atoms with van der Waals surface area (Å²) in [5.74, 6) is 1.63. The third-order valence-electron chi connectivity index (χ3n) is 3.19. The van der Waals surface area contributed by atoms with E-state index in [1.807, 2.05) is 20.8 Å². The van der Waals surface area contributed by atoms with Gasteiger partial charge in [0.25, 0.3) is 0 Å². The topological polar surface area (TPSA) is 71.3 Å². The molecule has 1 aromatic rings. The van der Waals surface area contributed by atoms with Gasteiger partial charge in [0.2, 0.25) is 11.8 Å². The highest BCUT2D eigenvalue weighted by molar-refractivity contribution is 5.81. The molecule has 1 aliphatic heterocycles. The van der Waals surface area contributed by atoms with Crippen molar-refractivity contribution in [2.75, 3.05) is 13.1 Å². The highest BCUT2D eigenvalue weighted by atomic mass is 16.5. The highest BCUT2D eigenvalue weighted by Crippen LogP contribution is 2.13. The van der Waals surface area contributed by atoms with Gasteiger partial charge in [-0.3, -0.25) is 9.69 Å². The summed E-state index contributed by atoms with van der Waals surface area (Å²) in [4.78, 5) is 18.1. The normalized spacial score (nSPS) is 22.0. The average molecular weight is 252 g/mol. The maximum Gasteiger partial charge on any atom is 0.240 e. The molecule has 1 N–H and O–H groups in total. The third kappa shape index (κ3) is 2.87. The lowest BCUT2D eigenvalue weighted by atomic mass is 10.2. The number of rotatable bonds is 3. The Morgan fingerprint density at radius 3 is 3.00 bits per heavy atom. The minimum Gasteiger partial charge on any atom is -0.355 e. The summed E-state index contributed by atoms with van der Waals surface area (Å²) in [6, 6.07) is -0.151. The van der Waals surface area contributed by atoms with Crippen LogP contribution in [0.15, 0.2) is 4.52 Å². The van der Waals surface area contributed by atoms with Crippen molar-refractivity contribution in [3.05, 3.63) is 11.7 Å². The molecular formula is C12H20N4O2. The fraction of sp³-hybridized carbons (Fsp3) is 0.750. The molecule has 6 heteroatoms. The number of hydrogen-bond acceptors (Lipinski definition) is 5. The van der Waals surface area contributed by atoms with Crippen LogP contribution >= 0.6 is 0 Å². The van der Waals surface area contributed by atoms with Gasteiger partial charge in [0.1, 0.15) is 0 Å². The smallest absolute Gasteiger partial charge is 0.240 e. The summed E-state index contributed by atoms with van der Waals surface area (Å²) in [5, 5.41) is 6.82. The minimum atomic E-state index is -0.151. The number of nitrogens with zero attached hydrogens (tertiary/aromatic N) is 3. The van der Waals surface area contributed by atoms with Gasteiger partial charge in [-0.15, -0.1) is 0 Å². The summed E-state index contributed by atoms with van der Waals surface area (Å²) in [7, 11) is 0. The first-order valence-electron chi connectivity index (χ1n) is 6.42. The molecule has 0 aromatic carbocycles.